The summed E-state index contributed by atoms with van der Waals surface area (Å²) in [5, 5.41) is 15.9. The molecule has 2 atom stereocenters. The van der Waals surface area contributed by atoms with E-state index < -0.39 is 47.7 Å². The number of nitrogen functional groups attached to an aromatic ring is 1. The Morgan fingerprint density at radius 1 is 1.09 bits per heavy atom. The van der Waals surface area contributed by atoms with E-state index >= 15 is 0 Å². The number of ether oxygens (including phenoxy) is 2. The number of nitrogens with two attached hydrogens (primary N) is 1. The Hall–Kier alpha value is -3.39. The summed E-state index contributed by atoms with van der Waals surface area (Å²) in [5.74, 6) is -2.33. The Kier molecular flexibility index (Phi) is 15.4. The first-order valence-corrected chi connectivity index (χ1v) is 17.6. The fourth-order valence-electron chi connectivity index (χ4n) is 5.18. The minimum Gasteiger partial charge on any atom is -0.428 e. The molecule has 45 heavy (non-hydrogen) atoms. The lowest BCUT2D eigenvalue weighted by Gasteiger charge is -2.49. The van der Waals surface area contributed by atoms with Crippen molar-refractivity contribution in [1.82, 2.24) is 15.2 Å². The van der Waals surface area contributed by atoms with Gasteiger partial charge in [0.25, 0.3) is 11.8 Å². The molecule has 12 nitrogen and oxygen atoms in total. The fraction of sp³-hybridized carbons (Fsp3) is 0.613. The van der Waals surface area contributed by atoms with Crippen LogP contribution in [0.25, 0.3) is 0 Å². The molecule has 2 amide bonds. The SMILES string of the molecule is C=CC1=C(C(=O)OCOC(=O)CCCCCCCCCCCCCCC)N2C(=O)C(NC(=O)C(=NO)c3csc(N)n3)[C@@H]2SC1. The average Bonchev–Trinajstić information content (AvgIpc) is 3.46. The van der Waals surface area contributed by atoms with Gasteiger partial charge in [-0.1, -0.05) is 102 Å². The molecule has 1 aromatic rings. The van der Waals surface area contributed by atoms with Crippen molar-refractivity contribution in [2.75, 3.05) is 18.3 Å². The molecule has 14 heteroatoms. The normalized spacial score (nSPS) is 17.8. The predicted octanol–water partition coefficient (Wildman–Crippen LogP) is 5.27. The molecular weight excluding hydrogens is 619 g/mol. The van der Waals surface area contributed by atoms with Gasteiger partial charge < -0.3 is 25.7 Å². The summed E-state index contributed by atoms with van der Waals surface area (Å²) in [7, 11) is 0. The molecule has 1 aromatic heterocycles. The third-order valence-electron chi connectivity index (χ3n) is 7.70. The summed E-state index contributed by atoms with van der Waals surface area (Å²) < 4.78 is 10.3. The quantitative estimate of drug-likeness (QED) is 0.0299. The number of anilines is 1. The number of unbranched alkanes of at least 4 members (excludes halogenated alkanes) is 12. The lowest BCUT2D eigenvalue weighted by Crippen LogP contribution is -2.71. The highest BCUT2D eigenvalue weighted by atomic mass is 32.2. The van der Waals surface area contributed by atoms with Crippen molar-refractivity contribution in [2.45, 2.75) is 108 Å². The molecule has 3 heterocycles. The van der Waals surface area contributed by atoms with Gasteiger partial charge in [-0.25, -0.2) is 9.78 Å². The zero-order valence-corrected chi connectivity index (χ0v) is 27.6. The molecule has 0 aliphatic carbocycles. The monoisotopic (exact) mass is 663 g/mol. The number of nitrogens with one attached hydrogen (secondary N) is 1. The molecule has 1 unspecified atom stereocenters. The molecule has 2 aliphatic heterocycles. The van der Waals surface area contributed by atoms with Gasteiger partial charge in [0.1, 0.15) is 22.8 Å². The molecule has 1 saturated heterocycles. The van der Waals surface area contributed by atoms with Crippen molar-refractivity contribution in [2.24, 2.45) is 5.16 Å². The van der Waals surface area contributed by atoms with Gasteiger partial charge in [0, 0.05) is 17.6 Å². The first-order chi connectivity index (χ1) is 21.8. The van der Waals surface area contributed by atoms with E-state index in [1.165, 1.54) is 92.3 Å². The van der Waals surface area contributed by atoms with E-state index in [2.05, 4.69) is 29.0 Å². The second-order valence-electron chi connectivity index (χ2n) is 11.0. The van der Waals surface area contributed by atoms with Crippen LogP contribution in [0.4, 0.5) is 5.13 Å². The van der Waals surface area contributed by atoms with E-state index in [-0.39, 0.29) is 22.9 Å². The molecule has 1 fully saturated rings. The highest BCUT2D eigenvalue weighted by Gasteiger charge is 2.54. The minimum absolute atomic E-state index is 0.0138. The standard InChI is InChI=1S/C31H45N5O7S2/c1-3-5-6-7-8-9-10-11-12-13-14-15-16-17-23(37)42-20-43-30(40)26-21(4-2)18-44-29-25(28(39)36(26)29)34-27(38)24(35-41)22-19-45-31(32)33-22/h4,19,25,29,41H,2-3,5-18,20H2,1H3,(H2,32,33)(H,34,38)/t25?,29-/m0/s1. The van der Waals surface area contributed by atoms with Crippen LogP contribution in [0.5, 0.6) is 0 Å². The van der Waals surface area contributed by atoms with E-state index in [1.807, 2.05) is 0 Å². The number of esters is 2. The maximum atomic E-state index is 13.0. The van der Waals surface area contributed by atoms with E-state index in [0.29, 0.717) is 17.7 Å². The maximum Gasteiger partial charge on any atom is 0.358 e. The molecule has 2 aliphatic rings. The molecule has 4 N–H and O–H groups in total. The third-order valence-corrected chi connectivity index (χ3v) is 9.67. The van der Waals surface area contributed by atoms with Crippen LogP contribution in [-0.2, 0) is 28.7 Å². The number of aromatic nitrogens is 1. The molecule has 3 rings (SSSR count). The van der Waals surface area contributed by atoms with Gasteiger partial charge in [-0.3, -0.25) is 19.3 Å². The number of rotatable bonds is 21. The third kappa shape index (κ3) is 10.6. The molecule has 0 aromatic carbocycles. The summed E-state index contributed by atoms with van der Waals surface area (Å²) in [6.45, 7) is 5.39. The zero-order chi connectivity index (χ0) is 32.6. The highest BCUT2D eigenvalue weighted by molar-refractivity contribution is 8.00. The van der Waals surface area contributed by atoms with Gasteiger partial charge in [-0.15, -0.1) is 23.1 Å². The molecule has 0 bridgehead atoms. The smallest absolute Gasteiger partial charge is 0.358 e. The fourth-order valence-corrected chi connectivity index (χ4v) is 7.07. The number of carbonyl (C=O) groups excluding carboxylic acids is 4. The molecule has 0 spiro atoms. The van der Waals surface area contributed by atoms with E-state index in [9.17, 15) is 24.4 Å². The number of carbonyl (C=O) groups is 4. The van der Waals surface area contributed by atoms with Gasteiger partial charge >= 0.3 is 11.9 Å². The van der Waals surface area contributed by atoms with E-state index in [4.69, 9.17) is 15.2 Å². The molecule has 0 radical (unpaired) electrons. The molecular formula is C31H45N5O7S2. The number of hydrogen-bond donors (Lipinski definition) is 3. The van der Waals surface area contributed by atoms with Crippen molar-refractivity contribution >= 4 is 57.7 Å². The van der Waals surface area contributed by atoms with Crippen molar-refractivity contribution in [3.63, 3.8) is 0 Å². The Balaban J connectivity index is 1.34. The van der Waals surface area contributed by atoms with Crippen molar-refractivity contribution in [1.29, 1.82) is 0 Å². The molecule has 248 valence electrons. The lowest BCUT2D eigenvalue weighted by molar-refractivity contribution is -0.168. The van der Waals surface area contributed by atoms with Gasteiger partial charge in [0.05, 0.1) is 0 Å². The Bertz CT molecular complexity index is 1250. The topological polar surface area (TPSA) is 174 Å². The van der Waals surface area contributed by atoms with Crippen LogP contribution in [0, 0.1) is 0 Å². The second kappa shape index (κ2) is 19.2. The Morgan fingerprint density at radius 3 is 2.27 bits per heavy atom. The lowest BCUT2D eigenvalue weighted by atomic mass is 10.0. The van der Waals surface area contributed by atoms with Crippen LogP contribution in [0.2, 0.25) is 0 Å². The number of allylic oxidation sites excluding steroid dienone is 1. The number of fused-ring (bicyclic) bond motifs is 1. The van der Waals surface area contributed by atoms with Crippen LogP contribution < -0.4 is 11.1 Å². The zero-order valence-electron chi connectivity index (χ0n) is 26.0. The van der Waals surface area contributed by atoms with Crippen LogP contribution in [-0.4, -0.2) is 68.5 Å². The Labute approximate surface area is 272 Å². The second-order valence-corrected chi connectivity index (χ2v) is 13.0. The van der Waals surface area contributed by atoms with Crippen LogP contribution in [0.1, 0.15) is 103 Å². The first-order valence-electron chi connectivity index (χ1n) is 15.7. The number of hydrogen-bond acceptors (Lipinski definition) is 12. The number of thioether (sulfide) groups is 1. The molecule has 0 saturated carbocycles. The van der Waals surface area contributed by atoms with Crippen molar-refractivity contribution in [3.05, 3.63) is 35.0 Å². The number of oxime groups is 1. The minimum atomic E-state index is -0.984. The van der Waals surface area contributed by atoms with Gasteiger partial charge in [-0.2, -0.15) is 0 Å². The summed E-state index contributed by atoms with van der Waals surface area (Å²) in [4.78, 5) is 56.0. The number of β-lactam (4-membered cyclic amide) rings is 1. The van der Waals surface area contributed by atoms with Crippen molar-refractivity contribution < 1.29 is 33.9 Å². The van der Waals surface area contributed by atoms with Gasteiger partial charge in [0.2, 0.25) is 6.79 Å². The van der Waals surface area contributed by atoms with Gasteiger partial charge in [0.15, 0.2) is 10.8 Å². The maximum absolute atomic E-state index is 13.0. The summed E-state index contributed by atoms with van der Waals surface area (Å²) in [5.41, 5.74) is 5.74. The summed E-state index contributed by atoms with van der Waals surface area (Å²) >= 11 is 2.39. The number of amides is 2. The first kappa shape index (κ1) is 36.1. The predicted molar refractivity (Wildman–Crippen MR) is 174 cm³/mol. The van der Waals surface area contributed by atoms with Crippen molar-refractivity contribution in [3.8, 4) is 0 Å². The summed E-state index contributed by atoms with van der Waals surface area (Å²) in [6.07, 6.45) is 17.4. The van der Waals surface area contributed by atoms with E-state index in [1.54, 1.807) is 0 Å². The number of nitrogens with zero attached hydrogens (tertiary/aromatic N) is 3. The van der Waals surface area contributed by atoms with E-state index in [0.717, 1.165) is 24.2 Å². The van der Waals surface area contributed by atoms with Gasteiger partial charge in [-0.05, 0) is 12.0 Å². The highest BCUT2D eigenvalue weighted by Crippen LogP contribution is 2.41. The average molecular weight is 664 g/mol. The largest absolute Gasteiger partial charge is 0.428 e. The number of thiazole rings is 1. The van der Waals surface area contributed by atoms with Crippen LogP contribution in [0.15, 0.2) is 34.5 Å². The Morgan fingerprint density at radius 2 is 1.71 bits per heavy atom. The summed E-state index contributed by atoms with van der Waals surface area (Å²) in [6, 6.07) is -0.984. The van der Waals surface area contributed by atoms with Crippen LogP contribution >= 0.6 is 23.1 Å². The van der Waals surface area contributed by atoms with Crippen LogP contribution in [0.3, 0.4) is 0 Å².